The quantitative estimate of drug-likeness (QED) is 0.429. The van der Waals surface area contributed by atoms with E-state index in [9.17, 15) is 9.59 Å². The normalized spacial score (nSPS) is 11.3. The Labute approximate surface area is 122 Å². The zero-order valence-corrected chi connectivity index (χ0v) is 13.2. The third-order valence-electron chi connectivity index (χ3n) is 3.50. The lowest BCUT2D eigenvalue weighted by Gasteiger charge is -2.30. The highest BCUT2D eigenvalue weighted by atomic mass is 16.6. The fourth-order valence-corrected chi connectivity index (χ4v) is 2.20. The van der Waals surface area contributed by atoms with Gasteiger partial charge in [0.2, 0.25) is 0 Å². The maximum Gasteiger partial charge on any atom is 0.306 e. The van der Waals surface area contributed by atoms with Crippen LogP contribution in [0.3, 0.4) is 0 Å². The summed E-state index contributed by atoms with van der Waals surface area (Å²) in [5.74, 6) is -1.00. The lowest BCUT2D eigenvalue weighted by molar-refractivity contribution is -0.160. The van der Waals surface area contributed by atoms with Crippen LogP contribution in [0.4, 0.5) is 0 Å². The van der Waals surface area contributed by atoms with Gasteiger partial charge in [0.25, 0.3) is 0 Å². The van der Waals surface area contributed by atoms with Crippen molar-refractivity contribution >= 4 is 11.9 Å². The van der Waals surface area contributed by atoms with Crippen molar-refractivity contribution in [3.8, 4) is 0 Å². The third kappa shape index (κ3) is 9.82. The first-order valence-electron chi connectivity index (χ1n) is 7.87. The predicted octanol–water partition coefficient (Wildman–Crippen LogP) is 4.31. The smallest absolute Gasteiger partial charge is 0.306 e. The fraction of sp³-hybridized carbons (Fsp3) is 0.875. The molecule has 0 aliphatic carbocycles. The molecule has 0 saturated heterocycles. The molecule has 20 heavy (non-hydrogen) atoms. The Morgan fingerprint density at radius 3 is 1.90 bits per heavy atom. The Kier molecular flexibility index (Phi) is 10.1. The number of esters is 1. The Hall–Kier alpha value is -1.06. The van der Waals surface area contributed by atoms with Crippen molar-refractivity contribution < 1.29 is 19.4 Å². The van der Waals surface area contributed by atoms with E-state index in [-0.39, 0.29) is 18.0 Å². The summed E-state index contributed by atoms with van der Waals surface area (Å²) in [5.41, 5.74) is -0.351. The minimum absolute atomic E-state index is 0.121. The van der Waals surface area contributed by atoms with E-state index in [1.807, 2.05) is 6.92 Å². The SMILES string of the molecule is CCCCC(C)(CCCC)OC(=O)CCCCC(=O)O. The highest BCUT2D eigenvalue weighted by molar-refractivity contribution is 5.70. The topological polar surface area (TPSA) is 63.6 Å². The van der Waals surface area contributed by atoms with Crippen LogP contribution in [0.1, 0.15) is 85.0 Å². The van der Waals surface area contributed by atoms with Crippen LogP contribution < -0.4 is 0 Å². The van der Waals surface area contributed by atoms with E-state index in [1.165, 1.54) is 0 Å². The minimum atomic E-state index is -0.811. The van der Waals surface area contributed by atoms with E-state index in [2.05, 4.69) is 13.8 Å². The molecule has 0 rings (SSSR count). The van der Waals surface area contributed by atoms with E-state index >= 15 is 0 Å². The Bertz CT molecular complexity index is 278. The number of carbonyl (C=O) groups excluding carboxylic acids is 1. The second-order valence-corrected chi connectivity index (χ2v) is 5.73. The number of carboxylic acid groups (broad SMARTS) is 1. The molecule has 0 unspecified atom stereocenters. The molecule has 0 heterocycles. The van der Waals surface area contributed by atoms with Crippen LogP contribution >= 0.6 is 0 Å². The zero-order valence-electron chi connectivity index (χ0n) is 13.2. The molecule has 0 atom stereocenters. The molecule has 0 saturated carbocycles. The summed E-state index contributed by atoms with van der Waals surface area (Å²) in [6.45, 7) is 6.29. The van der Waals surface area contributed by atoms with Crippen molar-refractivity contribution in [1.29, 1.82) is 0 Å². The molecule has 0 fully saturated rings. The van der Waals surface area contributed by atoms with Gasteiger partial charge < -0.3 is 9.84 Å². The number of rotatable bonds is 12. The Morgan fingerprint density at radius 2 is 1.45 bits per heavy atom. The number of carbonyl (C=O) groups is 2. The molecule has 0 radical (unpaired) electrons. The Morgan fingerprint density at radius 1 is 0.950 bits per heavy atom. The summed E-state index contributed by atoms with van der Waals surface area (Å²) < 4.78 is 5.66. The van der Waals surface area contributed by atoms with Gasteiger partial charge in [-0.25, -0.2) is 0 Å². The van der Waals surface area contributed by atoms with Gasteiger partial charge in [0, 0.05) is 12.8 Å². The van der Waals surface area contributed by atoms with Crippen LogP contribution in [-0.4, -0.2) is 22.6 Å². The van der Waals surface area contributed by atoms with Crippen molar-refractivity contribution in [2.24, 2.45) is 0 Å². The summed E-state index contributed by atoms with van der Waals surface area (Å²) in [7, 11) is 0. The predicted molar refractivity (Wildman–Crippen MR) is 79.7 cm³/mol. The van der Waals surface area contributed by atoms with Crippen LogP contribution in [0.5, 0.6) is 0 Å². The largest absolute Gasteiger partial charge is 0.481 e. The first-order valence-corrected chi connectivity index (χ1v) is 7.87. The van der Waals surface area contributed by atoms with Crippen molar-refractivity contribution in [1.82, 2.24) is 0 Å². The highest BCUT2D eigenvalue weighted by Gasteiger charge is 2.27. The van der Waals surface area contributed by atoms with Gasteiger partial charge in [-0.2, -0.15) is 0 Å². The molecular formula is C16H30O4. The second-order valence-electron chi connectivity index (χ2n) is 5.73. The molecule has 0 amide bonds. The molecule has 0 aromatic carbocycles. The molecule has 0 aromatic rings. The standard InChI is InChI=1S/C16H30O4/c1-4-6-12-16(3,13-7-5-2)20-15(19)11-9-8-10-14(17)18/h4-13H2,1-3H3,(H,17,18). The van der Waals surface area contributed by atoms with Crippen LogP contribution in [0.25, 0.3) is 0 Å². The average molecular weight is 286 g/mol. The number of carboxylic acids is 1. The van der Waals surface area contributed by atoms with Gasteiger partial charge in [-0.15, -0.1) is 0 Å². The van der Waals surface area contributed by atoms with Crippen LogP contribution in [0.15, 0.2) is 0 Å². The molecule has 0 aliphatic rings. The summed E-state index contributed by atoms with van der Waals surface area (Å²) in [5, 5.41) is 8.54. The summed E-state index contributed by atoms with van der Waals surface area (Å²) in [6.07, 6.45) is 7.69. The summed E-state index contributed by atoms with van der Waals surface area (Å²) >= 11 is 0. The molecule has 0 spiro atoms. The molecule has 0 aliphatic heterocycles. The van der Waals surface area contributed by atoms with E-state index in [1.54, 1.807) is 0 Å². The van der Waals surface area contributed by atoms with Gasteiger partial charge in [-0.1, -0.05) is 26.7 Å². The van der Waals surface area contributed by atoms with E-state index in [0.717, 1.165) is 38.5 Å². The maximum atomic E-state index is 11.9. The monoisotopic (exact) mass is 286 g/mol. The van der Waals surface area contributed by atoms with Gasteiger partial charge in [0.05, 0.1) is 0 Å². The lowest BCUT2D eigenvalue weighted by Crippen LogP contribution is -2.31. The second kappa shape index (κ2) is 10.7. The molecule has 0 aromatic heterocycles. The lowest BCUT2D eigenvalue weighted by atomic mass is 9.92. The fourth-order valence-electron chi connectivity index (χ4n) is 2.20. The first-order chi connectivity index (χ1) is 9.43. The van der Waals surface area contributed by atoms with E-state index in [4.69, 9.17) is 9.84 Å². The van der Waals surface area contributed by atoms with Gasteiger partial charge in [0.15, 0.2) is 0 Å². The molecule has 1 N–H and O–H groups in total. The molecule has 4 nitrogen and oxygen atoms in total. The van der Waals surface area contributed by atoms with Crippen LogP contribution in [0, 0.1) is 0 Å². The van der Waals surface area contributed by atoms with Crippen molar-refractivity contribution in [2.45, 2.75) is 90.6 Å². The van der Waals surface area contributed by atoms with Gasteiger partial charge in [0.1, 0.15) is 5.60 Å². The average Bonchev–Trinajstić information content (AvgIpc) is 2.39. The first kappa shape index (κ1) is 18.9. The van der Waals surface area contributed by atoms with Gasteiger partial charge in [-0.3, -0.25) is 9.59 Å². The van der Waals surface area contributed by atoms with Crippen molar-refractivity contribution in [3.05, 3.63) is 0 Å². The van der Waals surface area contributed by atoms with Gasteiger partial charge in [-0.05, 0) is 45.4 Å². The number of unbranched alkanes of at least 4 members (excludes halogenated alkanes) is 3. The van der Waals surface area contributed by atoms with Crippen LogP contribution in [-0.2, 0) is 14.3 Å². The van der Waals surface area contributed by atoms with E-state index < -0.39 is 5.97 Å². The number of ether oxygens (including phenoxy) is 1. The minimum Gasteiger partial charge on any atom is -0.481 e. The van der Waals surface area contributed by atoms with Crippen LogP contribution in [0.2, 0.25) is 0 Å². The Balaban J connectivity index is 4.13. The van der Waals surface area contributed by atoms with Gasteiger partial charge >= 0.3 is 11.9 Å². The highest BCUT2D eigenvalue weighted by Crippen LogP contribution is 2.26. The summed E-state index contributed by atoms with van der Waals surface area (Å²) in [4.78, 5) is 22.3. The molecule has 118 valence electrons. The van der Waals surface area contributed by atoms with Crippen molar-refractivity contribution in [2.75, 3.05) is 0 Å². The number of aliphatic carboxylic acids is 1. The third-order valence-corrected chi connectivity index (χ3v) is 3.50. The number of hydrogen-bond acceptors (Lipinski definition) is 3. The van der Waals surface area contributed by atoms with E-state index in [0.29, 0.717) is 19.3 Å². The molecule has 0 bridgehead atoms. The maximum absolute atomic E-state index is 11.9. The summed E-state index contributed by atoms with van der Waals surface area (Å²) in [6, 6.07) is 0. The zero-order chi connectivity index (χ0) is 15.4. The molecule has 4 heteroatoms. The molecular weight excluding hydrogens is 256 g/mol. The number of hydrogen-bond donors (Lipinski definition) is 1. The van der Waals surface area contributed by atoms with Crippen molar-refractivity contribution in [3.63, 3.8) is 0 Å².